The molecular formula is C14H19N3O3S. The Bertz CT molecular complexity index is 521. The maximum Gasteiger partial charge on any atom is 0.354 e. The van der Waals surface area contributed by atoms with Gasteiger partial charge in [0.05, 0.1) is 0 Å². The average molecular weight is 309 g/mol. The molecule has 6 nitrogen and oxygen atoms in total. The summed E-state index contributed by atoms with van der Waals surface area (Å²) in [5.74, 6) is -0.104. The lowest BCUT2D eigenvalue weighted by atomic mass is 10.2. The molecule has 2 amide bonds. The van der Waals surface area contributed by atoms with Crippen LogP contribution in [-0.4, -0.2) is 50.6 Å². The van der Waals surface area contributed by atoms with Crippen LogP contribution in [0.4, 0.5) is 4.79 Å². The van der Waals surface area contributed by atoms with Gasteiger partial charge in [0.15, 0.2) is 0 Å². The van der Waals surface area contributed by atoms with Crippen molar-refractivity contribution in [3.8, 4) is 0 Å². The molecule has 114 valence electrons. The zero-order valence-corrected chi connectivity index (χ0v) is 12.9. The number of thioether (sulfide) groups is 1. The highest BCUT2D eigenvalue weighted by molar-refractivity contribution is 8.00. The Balaban J connectivity index is 1.90. The van der Waals surface area contributed by atoms with Crippen molar-refractivity contribution in [1.82, 2.24) is 15.2 Å². The van der Waals surface area contributed by atoms with Gasteiger partial charge in [0, 0.05) is 36.3 Å². The van der Waals surface area contributed by atoms with Crippen molar-refractivity contribution in [1.29, 1.82) is 0 Å². The second-order valence-corrected chi connectivity index (χ2v) is 6.51. The van der Waals surface area contributed by atoms with Gasteiger partial charge in [0.25, 0.3) is 0 Å². The monoisotopic (exact) mass is 309 g/mol. The molecule has 1 aliphatic heterocycles. The summed E-state index contributed by atoms with van der Waals surface area (Å²) < 4.78 is 0. The molecule has 7 heteroatoms. The molecule has 2 rings (SSSR count). The minimum absolute atomic E-state index is 0.000536. The predicted octanol–water partition coefficient (Wildman–Crippen LogP) is 1.82. The van der Waals surface area contributed by atoms with Crippen molar-refractivity contribution in [3.63, 3.8) is 0 Å². The van der Waals surface area contributed by atoms with E-state index >= 15 is 0 Å². The second-order valence-electron chi connectivity index (χ2n) is 5.03. The number of carbonyl (C=O) groups excluding carboxylic acids is 1. The van der Waals surface area contributed by atoms with Gasteiger partial charge in [0.1, 0.15) is 5.69 Å². The van der Waals surface area contributed by atoms with Crippen LogP contribution in [0.5, 0.6) is 0 Å². The number of carboxylic acids is 1. The molecule has 2 N–H and O–H groups in total. The number of amides is 2. The molecule has 1 aromatic heterocycles. The first-order chi connectivity index (χ1) is 9.99. The van der Waals surface area contributed by atoms with Crippen LogP contribution in [0.2, 0.25) is 0 Å². The molecule has 1 aromatic rings. The van der Waals surface area contributed by atoms with Crippen molar-refractivity contribution in [2.24, 2.45) is 0 Å². The SMILES string of the molecule is CC1SCCN(C(=O)NCc2ccc(C(=O)O)nc2)C1C. The molecule has 2 heterocycles. The van der Waals surface area contributed by atoms with E-state index < -0.39 is 5.97 Å². The maximum absolute atomic E-state index is 12.2. The minimum Gasteiger partial charge on any atom is -0.477 e. The standard InChI is InChI=1S/C14H19N3O3S/c1-9-10(2)21-6-5-17(9)14(20)16-8-11-3-4-12(13(18)19)15-7-11/h3-4,7,9-10H,5-6,8H2,1-2H3,(H,16,20)(H,18,19). The van der Waals surface area contributed by atoms with E-state index in [9.17, 15) is 9.59 Å². The molecule has 1 aliphatic rings. The van der Waals surface area contributed by atoms with E-state index in [0.29, 0.717) is 11.8 Å². The van der Waals surface area contributed by atoms with Gasteiger partial charge < -0.3 is 15.3 Å². The number of aromatic carboxylic acids is 1. The van der Waals surface area contributed by atoms with Crippen LogP contribution in [0, 0.1) is 0 Å². The Labute approximate surface area is 127 Å². The van der Waals surface area contributed by atoms with E-state index in [1.807, 2.05) is 16.7 Å². The minimum atomic E-state index is -1.06. The van der Waals surface area contributed by atoms with Crippen LogP contribution >= 0.6 is 11.8 Å². The number of hydrogen-bond acceptors (Lipinski definition) is 4. The lowest BCUT2D eigenvalue weighted by molar-refractivity contribution is 0.0690. The number of carbonyl (C=O) groups is 2. The number of pyridine rings is 1. The summed E-state index contributed by atoms with van der Waals surface area (Å²) >= 11 is 1.88. The van der Waals surface area contributed by atoms with Gasteiger partial charge in [-0.2, -0.15) is 11.8 Å². The van der Waals surface area contributed by atoms with Crippen LogP contribution in [0.1, 0.15) is 29.9 Å². The van der Waals surface area contributed by atoms with E-state index in [4.69, 9.17) is 5.11 Å². The van der Waals surface area contributed by atoms with E-state index in [2.05, 4.69) is 24.1 Å². The lowest BCUT2D eigenvalue weighted by Crippen LogP contribution is -2.51. The van der Waals surface area contributed by atoms with Gasteiger partial charge in [0.2, 0.25) is 0 Å². The highest BCUT2D eigenvalue weighted by atomic mass is 32.2. The van der Waals surface area contributed by atoms with E-state index in [0.717, 1.165) is 17.9 Å². The summed E-state index contributed by atoms with van der Waals surface area (Å²) in [4.78, 5) is 28.6. The molecule has 0 aromatic carbocycles. The number of rotatable bonds is 3. The average Bonchev–Trinajstić information content (AvgIpc) is 2.48. The van der Waals surface area contributed by atoms with Crippen LogP contribution in [0.15, 0.2) is 18.3 Å². The third-order valence-electron chi connectivity index (χ3n) is 3.63. The van der Waals surface area contributed by atoms with Gasteiger partial charge in [-0.25, -0.2) is 14.6 Å². The molecule has 1 fully saturated rings. The number of urea groups is 1. The van der Waals surface area contributed by atoms with E-state index in [-0.39, 0.29) is 17.8 Å². The summed E-state index contributed by atoms with van der Waals surface area (Å²) in [6.45, 7) is 5.28. The maximum atomic E-state index is 12.2. The quantitative estimate of drug-likeness (QED) is 0.890. The van der Waals surface area contributed by atoms with Crippen LogP contribution in [0.25, 0.3) is 0 Å². The second kappa shape index (κ2) is 6.80. The van der Waals surface area contributed by atoms with E-state index in [1.165, 1.54) is 12.3 Å². The summed E-state index contributed by atoms with van der Waals surface area (Å²) in [6.07, 6.45) is 1.47. The molecule has 0 bridgehead atoms. The smallest absolute Gasteiger partial charge is 0.354 e. The van der Waals surface area contributed by atoms with Gasteiger partial charge >= 0.3 is 12.0 Å². The lowest BCUT2D eigenvalue weighted by Gasteiger charge is -2.37. The zero-order chi connectivity index (χ0) is 15.4. The number of carboxylic acid groups (broad SMARTS) is 1. The Hall–Kier alpha value is -1.76. The van der Waals surface area contributed by atoms with Crippen LogP contribution in [0.3, 0.4) is 0 Å². The Morgan fingerprint density at radius 2 is 2.24 bits per heavy atom. The largest absolute Gasteiger partial charge is 0.477 e. The third-order valence-corrected chi connectivity index (χ3v) is 4.97. The first-order valence-corrected chi connectivity index (χ1v) is 7.88. The molecule has 21 heavy (non-hydrogen) atoms. The Morgan fingerprint density at radius 1 is 1.48 bits per heavy atom. The van der Waals surface area contributed by atoms with Gasteiger partial charge in [-0.05, 0) is 18.6 Å². The van der Waals surface area contributed by atoms with Gasteiger partial charge in [-0.3, -0.25) is 0 Å². The highest BCUT2D eigenvalue weighted by Crippen LogP contribution is 2.24. The molecule has 0 spiro atoms. The molecule has 2 atom stereocenters. The Kier molecular flexibility index (Phi) is 5.06. The molecular weight excluding hydrogens is 290 g/mol. The summed E-state index contributed by atoms with van der Waals surface area (Å²) in [7, 11) is 0. The number of aromatic nitrogens is 1. The van der Waals surface area contributed by atoms with E-state index in [1.54, 1.807) is 6.07 Å². The van der Waals surface area contributed by atoms with Crippen LogP contribution < -0.4 is 5.32 Å². The number of nitrogens with zero attached hydrogens (tertiary/aromatic N) is 2. The highest BCUT2D eigenvalue weighted by Gasteiger charge is 2.28. The topological polar surface area (TPSA) is 82.5 Å². The van der Waals surface area contributed by atoms with Gasteiger partial charge in [-0.15, -0.1) is 0 Å². The van der Waals surface area contributed by atoms with Crippen molar-refractivity contribution in [3.05, 3.63) is 29.6 Å². The van der Waals surface area contributed by atoms with Crippen LogP contribution in [-0.2, 0) is 6.54 Å². The molecule has 0 radical (unpaired) electrons. The first kappa shape index (κ1) is 15.6. The van der Waals surface area contributed by atoms with Crippen molar-refractivity contribution < 1.29 is 14.7 Å². The van der Waals surface area contributed by atoms with Crippen molar-refractivity contribution >= 4 is 23.8 Å². The zero-order valence-electron chi connectivity index (χ0n) is 12.1. The summed E-state index contributed by atoms with van der Waals surface area (Å²) in [6, 6.07) is 3.22. The molecule has 1 saturated heterocycles. The fourth-order valence-electron chi connectivity index (χ4n) is 2.15. The fourth-order valence-corrected chi connectivity index (χ4v) is 3.25. The fraction of sp³-hybridized carbons (Fsp3) is 0.500. The first-order valence-electron chi connectivity index (χ1n) is 6.83. The third kappa shape index (κ3) is 3.87. The van der Waals surface area contributed by atoms with Crippen molar-refractivity contribution in [2.75, 3.05) is 12.3 Å². The Morgan fingerprint density at radius 3 is 2.86 bits per heavy atom. The van der Waals surface area contributed by atoms with Crippen molar-refractivity contribution in [2.45, 2.75) is 31.7 Å². The predicted molar refractivity (Wildman–Crippen MR) is 81.5 cm³/mol. The summed E-state index contributed by atoms with van der Waals surface area (Å²) in [5, 5.41) is 12.1. The van der Waals surface area contributed by atoms with Gasteiger partial charge in [-0.1, -0.05) is 13.0 Å². The molecule has 2 unspecified atom stereocenters. The number of hydrogen-bond donors (Lipinski definition) is 2. The number of nitrogens with one attached hydrogen (secondary N) is 1. The summed E-state index contributed by atoms with van der Waals surface area (Å²) in [5.41, 5.74) is 0.779. The normalized spacial score (nSPS) is 21.9. The molecule has 0 saturated carbocycles. The molecule has 0 aliphatic carbocycles.